The van der Waals surface area contributed by atoms with Crippen molar-refractivity contribution in [2.45, 2.75) is 6.42 Å². The second-order valence-electron chi connectivity index (χ2n) is 4.59. The van der Waals surface area contributed by atoms with Gasteiger partial charge in [-0.05, 0) is 66.7 Å². The van der Waals surface area contributed by atoms with Crippen molar-refractivity contribution >= 4 is 52.5 Å². The summed E-state index contributed by atoms with van der Waals surface area (Å²) >= 11 is 8.12. The fraction of sp³-hybridized carbons (Fsp3) is 0.462. The average molecular weight is 415 g/mol. The summed E-state index contributed by atoms with van der Waals surface area (Å²) in [6.07, 6.45) is 1.08. The van der Waals surface area contributed by atoms with E-state index in [0.29, 0.717) is 10.9 Å². The molecule has 1 fully saturated rings. The zero-order valence-electron chi connectivity index (χ0n) is 10.7. The predicted octanol–water partition coefficient (Wildman–Crippen LogP) is 3.05. The van der Waals surface area contributed by atoms with Crippen LogP contribution in [0.4, 0.5) is 0 Å². The van der Waals surface area contributed by atoms with Crippen LogP contribution in [0.5, 0.6) is 0 Å². The van der Waals surface area contributed by atoms with Crippen LogP contribution < -0.4 is 5.32 Å². The molecule has 0 aliphatic carbocycles. The zero-order valence-corrected chi connectivity index (χ0v) is 14.4. The summed E-state index contributed by atoms with van der Waals surface area (Å²) in [5.41, 5.74) is 0.730. The minimum Gasteiger partial charge on any atom is -0.338 e. The lowest BCUT2D eigenvalue weighted by molar-refractivity contribution is 0.0787. The number of benzene rings is 1. The molecule has 0 radical (unpaired) electrons. The highest BCUT2D eigenvalue weighted by atomic mass is 127. The van der Waals surface area contributed by atoms with Crippen LogP contribution in [0.3, 0.4) is 0 Å². The van der Waals surface area contributed by atoms with Gasteiger partial charge in [0.1, 0.15) is 0 Å². The van der Waals surface area contributed by atoms with Gasteiger partial charge in [-0.3, -0.25) is 4.79 Å². The zero-order chi connectivity index (χ0) is 13.1. The van der Waals surface area contributed by atoms with E-state index in [2.05, 4.69) is 27.9 Å². The number of nitrogens with one attached hydrogen (secondary N) is 1. The molecule has 1 aromatic carbocycles. The number of amides is 1. The molecule has 1 unspecified atom stereocenters. The molecule has 1 heterocycles. The summed E-state index contributed by atoms with van der Waals surface area (Å²) < 4.78 is 0.922. The van der Waals surface area contributed by atoms with Crippen LogP contribution in [0.1, 0.15) is 16.8 Å². The van der Waals surface area contributed by atoms with E-state index in [1.54, 1.807) is 12.1 Å². The van der Waals surface area contributed by atoms with E-state index in [9.17, 15) is 4.79 Å². The fourth-order valence-electron chi connectivity index (χ4n) is 2.28. The van der Waals surface area contributed by atoms with Gasteiger partial charge >= 0.3 is 0 Å². The Hall–Kier alpha value is -0.0400. The third-order valence-corrected chi connectivity index (χ3v) is 4.77. The molecule has 1 saturated heterocycles. The van der Waals surface area contributed by atoms with Crippen LogP contribution in [0, 0.1) is 9.49 Å². The number of hydrogen-bond donors (Lipinski definition) is 1. The second kappa shape index (κ2) is 7.67. The van der Waals surface area contributed by atoms with Crippen LogP contribution in [0.15, 0.2) is 18.2 Å². The molecule has 3 nitrogen and oxygen atoms in total. The molecule has 0 spiro atoms. The van der Waals surface area contributed by atoms with E-state index in [1.165, 1.54) is 0 Å². The second-order valence-corrected chi connectivity index (χ2v) is 6.16. The quantitative estimate of drug-likeness (QED) is 0.771. The van der Waals surface area contributed by atoms with E-state index in [1.807, 2.05) is 18.0 Å². The normalized spacial score (nSPS) is 18.3. The Bertz CT molecular complexity index is 456. The minimum atomic E-state index is 0. The summed E-state index contributed by atoms with van der Waals surface area (Å²) in [6.45, 7) is 2.67. The van der Waals surface area contributed by atoms with Crippen LogP contribution in [0.25, 0.3) is 0 Å². The van der Waals surface area contributed by atoms with Gasteiger partial charge in [-0.15, -0.1) is 12.4 Å². The van der Waals surface area contributed by atoms with Crippen molar-refractivity contribution in [2.24, 2.45) is 5.92 Å². The van der Waals surface area contributed by atoms with E-state index in [0.717, 1.165) is 35.2 Å². The lowest BCUT2D eigenvalue weighted by Gasteiger charge is -2.17. The van der Waals surface area contributed by atoms with Crippen molar-refractivity contribution in [3.05, 3.63) is 32.4 Å². The Kier molecular flexibility index (Phi) is 6.86. The Morgan fingerprint density at radius 1 is 1.58 bits per heavy atom. The third kappa shape index (κ3) is 4.21. The molecule has 0 aromatic heterocycles. The standard InChI is InChI=1S/C13H16ClIN2O.ClH/c1-16-7-9-4-5-17(8-9)13(18)10-2-3-11(14)12(15)6-10;/h2-3,6,9,16H,4-5,7-8H2,1H3;1H. The molecule has 1 aliphatic rings. The first-order chi connectivity index (χ1) is 8.61. The molecule has 0 saturated carbocycles. The van der Waals surface area contributed by atoms with Crippen molar-refractivity contribution in [1.82, 2.24) is 10.2 Å². The molecule has 106 valence electrons. The van der Waals surface area contributed by atoms with Gasteiger partial charge in [0.05, 0.1) is 5.02 Å². The van der Waals surface area contributed by atoms with Crippen molar-refractivity contribution in [3.63, 3.8) is 0 Å². The third-order valence-electron chi connectivity index (χ3n) is 3.23. The molecule has 2 rings (SSSR count). The molecule has 19 heavy (non-hydrogen) atoms. The Balaban J connectivity index is 0.00000180. The summed E-state index contributed by atoms with van der Waals surface area (Å²) in [6, 6.07) is 5.45. The Morgan fingerprint density at radius 3 is 2.95 bits per heavy atom. The fourth-order valence-corrected chi connectivity index (χ4v) is 2.92. The smallest absolute Gasteiger partial charge is 0.253 e. The largest absolute Gasteiger partial charge is 0.338 e. The first-order valence-electron chi connectivity index (χ1n) is 6.00. The van der Waals surface area contributed by atoms with E-state index in [-0.39, 0.29) is 18.3 Å². The average Bonchev–Trinajstić information content (AvgIpc) is 2.81. The molecular weight excluding hydrogens is 398 g/mol. The van der Waals surface area contributed by atoms with Gasteiger partial charge in [0, 0.05) is 22.2 Å². The number of likely N-dealkylation sites (tertiary alicyclic amines) is 1. The van der Waals surface area contributed by atoms with Crippen LogP contribution >= 0.6 is 46.6 Å². The molecule has 1 N–H and O–H groups in total. The number of carbonyl (C=O) groups excluding carboxylic acids is 1. The van der Waals surface area contributed by atoms with Crippen molar-refractivity contribution in [2.75, 3.05) is 26.7 Å². The molecule has 1 amide bonds. The van der Waals surface area contributed by atoms with Crippen LogP contribution in [-0.4, -0.2) is 37.5 Å². The molecule has 1 aliphatic heterocycles. The van der Waals surface area contributed by atoms with Crippen LogP contribution in [-0.2, 0) is 0 Å². The maximum absolute atomic E-state index is 12.3. The monoisotopic (exact) mass is 414 g/mol. The highest BCUT2D eigenvalue weighted by Crippen LogP contribution is 2.22. The van der Waals surface area contributed by atoms with Gasteiger partial charge in [0.25, 0.3) is 5.91 Å². The topological polar surface area (TPSA) is 32.3 Å². The number of halogens is 3. The maximum atomic E-state index is 12.3. The molecule has 1 atom stereocenters. The molecule has 1 aromatic rings. The summed E-state index contributed by atoms with van der Waals surface area (Å²) in [5, 5.41) is 3.86. The highest BCUT2D eigenvalue weighted by molar-refractivity contribution is 14.1. The minimum absolute atomic E-state index is 0. The number of hydrogen-bond acceptors (Lipinski definition) is 2. The van der Waals surface area contributed by atoms with Crippen LogP contribution in [0.2, 0.25) is 5.02 Å². The summed E-state index contributed by atoms with van der Waals surface area (Å²) in [7, 11) is 1.95. The maximum Gasteiger partial charge on any atom is 0.253 e. The van der Waals surface area contributed by atoms with Gasteiger partial charge in [0.2, 0.25) is 0 Å². The first-order valence-corrected chi connectivity index (χ1v) is 7.46. The van der Waals surface area contributed by atoms with E-state index in [4.69, 9.17) is 11.6 Å². The SMILES string of the molecule is CNCC1CCN(C(=O)c2ccc(Cl)c(I)c2)C1.Cl. The lowest BCUT2D eigenvalue weighted by Crippen LogP contribution is -2.30. The number of rotatable bonds is 3. The van der Waals surface area contributed by atoms with Gasteiger partial charge in [-0.25, -0.2) is 0 Å². The van der Waals surface area contributed by atoms with Crippen molar-refractivity contribution < 1.29 is 4.79 Å². The summed E-state index contributed by atoms with van der Waals surface area (Å²) in [4.78, 5) is 14.3. The van der Waals surface area contributed by atoms with Crippen molar-refractivity contribution in [1.29, 1.82) is 0 Å². The Morgan fingerprint density at radius 2 is 2.32 bits per heavy atom. The van der Waals surface area contributed by atoms with Gasteiger partial charge in [-0.1, -0.05) is 11.6 Å². The summed E-state index contributed by atoms with van der Waals surface area (Å²) in [5.74, 6) is 0.688. The van der Waals surface area contributed by atoms with E-state index >= 15 is 0 Å². The molecule has 0 bridgehead atoms. The lowest BCUT2D eigenvalue weighted by atomic mass is 10.1. The van der Waals surface area contributed by atoms with Gasteiger partial charge in [0.15, 0.2) is 0 Å². The van der Waals surface area contributed by atoms with Crippen molar-refractivity contribution in [3.8, 4) is 0 Å². The molecular formula is C13H17Cl2IN2O. The van der Waals surface area contributed by atoms with Gasteiger partial charge in [-0.2, -0.15) is 0 Å². The Labute approximate surface area is 138 Å². The first kappa shape index (κ1) is 17.0. The van der Waals surface area contributed by atoms with E-state index < -0.39 is 0 Å². The van der Waals surface area contributed by atoms with Gasteiger partial charge < -0.3 is 10.2 Å². The highest BCUT2D eigenvalue weighted by Gasteiger charge is 2.26. The predicted molar refractivity (Wildman–Crippen MR) is 89.4 cm³/mol. The number of carbonyl (C=O) groups is 1. The number of nitrogens with zero attached hydrogens (tertiary/aromatic N) is 1. The molecule has 6 heteroatoms.